The van der Waals surface area contributed by atoms with Crippen molar-refractivity contribution in [1.82, 2.24) is 5.32 Å². The zero-order valence-corrected chi connectivity index (χ0v) is 8.94. The van der Waals surface area contributed by atoms with Crippen LogP contribution in [0.4, 0.5) is 5.69 Å². The van der Waals surface area contributed by atoms with Gasteiger partial charge < -0.3 is 0 Å². The fourth-order valence-corrected chi connectivity index (χ4v) is 1.74. The zero-order chi connectivity index (χ0) is 9.97. The molecule has 3 nitrogen and oxygen atoms in total. The molecule has 0 atom stereocenters. The molecule has 14 heavy (non-hydrogen) atoms. The van der Waals surface area contributed by atoms with Crippen molar-refractivity contribution < 1.29 is 4.68 Å². The molecule has 0 radical (unpaired) electrons. The second kappa shape index (κ2) is 4.07. The van der Waals surface area contributed by atoms with Crippen LogP contribution in [-0.2, 0) is 0 Å². The van der Waals surface area contributed by atoms with E-state index in [2.05, 4.69) is 10.7 Å². The summed E-state index contributed by atoms with van der Waals surface area (Å²) in [4.78, 5) is 0. The summed E-state index contributed by atoms with van der Waals surface area (Å²) >= 11 is 12.0. The Kier molecular flexibility index (Phi) is 2.79. The number of benzene rings is 1. The molecule has 1 aliphatic heterocycles. The summed E-state index contributed by atoms with van der Waals surface area (Å²) in [5.74, 6) is 0. The Bertz CT molecular complexity index is 356. The summed E-state index contributed by atoms with van der Waals surface area (Å²) in [6, 6.07) is 5.43. The lowest BCUT2D eigenvalue weighted by molar-refractivity contribution is -0.481. The minimum atomic E-state index is 0.623. The van der Waals surface area contributed by atoms with E-state index in [1.54, 1.807) is 12.1 Å². The van der Waals surface area contributed by atoms with Gasteiger partial charge in [0.1, 0.15) is 18.8 Å². The lowest BCUT2D eigenvalue weighted by atomic mass is 10.3. The van der Waals surface area contributed by atoms with Gasteiger partial charge in [-0.1, -0.05) is 29.3 Å². The monoisotopic (exact) mass is 230 g/mol. The normalized spacial score (nSPS) is 14.9. The van der Waals surface area contributed by atoms with Crippen molar-refractivity contribution in [3.63, 3.8) is 0 Å². The third kappa shape index (κ3) is 1.94. The molecule has 0 saturated carbocycles. The van der Waals surface area contributed by atoms with Crippen molar-refractivity contribution >= 4 is 35.2 Å². The van der Waals surface area contributed by atoms with E-state index >= 15 is 0 Å². The standard InChI is InChI=1S/C9H9Cl2N3/c10-7-2-1-3-8(11)9(7)13-14-5-4-12-6-14/h1-3,6,13H,4-5H2/p+1. The lowest BCUT2D eigenvalue weighted by Crippen LogP contribution is -2.18. The van der Waals surface area contributed by atoms with E-state index in [-0.39, 0.29) is 0 Å². The average molecular weight is 231 g/mol. The zero-order valence-electron chi connectivity index (χ0n) is 7.43. The predicted octanol–water partition coefficient (Wildman–Crippen LogP) is 1.96. The van der Waals surface area contributed by atoms with E-state index in [0.717, 1.165) is 18.8 Å². The highest BCUT2D eigenvalue weighted by Crippen LogP contribution is 2.29. The Morgan fingerprint density at radius 3 is 2.57 bits per heavy atom. The molecule has 74 valence electrons. The van der Waals surface area contributed by atoms with E-state index in [4.69, 9.17) is 23.2 Å². The highest BCUT2D eigenvalue weighted by Gasteiger charge is 2.12. The molecule has 1 aromatic carbocycles. The first kappa shape index (κ1) is 9.62. The molecule has 2 rings (SSSR count). The quantitative estimate of drug-likeness (QED) is 0.761. The van der Waals surface area contributed by atoms with Crippen molar-refractivity contribution in [1.29, 1.82) is 0 Å². The fourth-order valence-electron chi connectivity index (χ4n) is 1.26. The average Bonchev–Trinajstić information content (AvgIpc) is 2.64. The Balaban J connectivity index is 2.23. The minimum absolute atomic E-state index is 0.623. The number of para-hydroxylation sites is 1. The van der Waals surface area contributed by atoms with Crippen molar-refractivity contribution in [2.45, 2.75) is 0 Å². The maximum atomic E-state index is 6.00. The number of halogens is 2. The second-order valence-electron chi connectivity index (χ2n) is 2.99. The van der Waals surface area contributed by atoms with E-state index in [9.17, 15) is 0 Å². The SMILES string of the molecule is Clc1cccc(Cl)c1N[N+]1=CNCC1. The number of rotatable bonds is 2. The Hall–Kier alpha value is -0.930. The van der Waals surface area contributed by atoms with Gasteiger partial charge in [0.15, 0.2) is 0 Å². The number of hydrazone groups is 1. The van der Waals surface area contributed by atoms with E-state index in [1.165, 1.54) is 0 Å². The van der Waals surface area contributed by atoms with Crippen molar-refractivity contribution in [3.8, 4) is 0 Å². The van der Waals surface area contributed by atoms with Gasteiger partial charge in [-0.15, -0.1) is 0 Å². The van der Waals surface area contributed by atoms with E-state index in [0.29, 0.717) is 10.0 Å². The van der Waals surface area contributed by atoms with Crippen LogP contribution in [-0.4, -0.2) is 24.1 Å². The largest absolute Gasteiger partial charge is 0.275 e. The summed E-state index contributed by atoms with van der Waals surface area (Å²) in [6.45, 7) is 1.82. The molecule has 0 bridgehead atoms. The molecule has 2 N–H and O–H groups in total. The molecular formula is C9H10Cl2N3+. The van der Waals surface area contributed by atoms with Gasteiger partial charge in [-0.25, -0.2) is 5.43 Å². The van der Waals surface area contributed by atoms with Crippen LogP contribution >= 0.6 is 23.2 Å². The summed E-state index contributed by atoms with van der Waals surface area (Å²) in [5, 5.41) is 4.33. The number of hydrogen-bond donors (Lipinski definition) is 2. The fraction of sp³-hybridized carbons (Fsp3) is 0.222. The Morgan fingerprint density at radius 2 is 2.00 bits per heavy atom. The molecule has 0 amide bonds. The first-order chi connectivity index (χ1) is 6.77. The van der Waals surface area contributed by atoms with Crippen LogP contribution in [0.15, 0.2) is 18.2 Å². The Labute approximate surface area is 92.3 Å². The van der Waals surface area contributed by atoms with Crippen LogP contribution in [0.3, 0.4) is 0 Å². The van der Waals surface area contributed by atoms with Gasteiger partial charge in [-0.05, 0) is 12.1 Å². The van der Waals surface area contributed by atoms with Gasteiger partial charge in [-0.2, -0.15) is 4.68 Å². The summed E-state index contributed by atoms with van der Waals surface area (Å²) in [5.41, 5.74) is 3.87. The third-order valence-electron chi connectivity index (χ3n) is 1.96. The molecule has 1 aromatic rings. The molecule has 5 heteroatoms. The van der Waals surface area contributed by atoms with Crippen LogP contribution in [0.1, 0.15) is 0 Å². The van der Waals surface area contributed by atoms with Gasteiger partial charge in [0.25, 0.3) is 6.34 Å². The number of nitrogens with zero attached hydrogens (tertiary/aromatic N) is 1. The molecule has 0 saturated heterocycles. The third-order valence-corrected chi connectivity index (χ3v) is 2.59. The van der Waals surface area contributed by atoms with Gasteiger partial charge in [0.05, 0.1) is 10.0 Å². The summed E-state index contributed by atoms with van der Waals surface area (Å²) < 4.78 is 1.91. The van der Waals surface area contributed by atoms with Crippen molar-refractivity contribution in [2.75, 3.05) is 18.5 Å². The molecule has 1 aliphatic rings. The highest BCUT2D eigenvalue weighted by atomic mass is 35.5. The predicted molar refractivity (Wildman–Crippen MR) is 59.3 cm³/mol. The van der Waals surface area contributed by atoms with Crippen LogP contribution in [0.2, 0.25) is 10.0 Å². The molecular weight excluding hydrogens is 221 g/mol. The number of nitrogens with one attached hydrogen (secondary N) is 2. The molecule has 0 unspecified atom stereocenters. The maximum Gasteiger partial charge on any atom is 0.255 e. The highest BCUT2D eigenvalue weighted by molar-refractivity contribution is 6.38. The van der Waals surface area contributed by atoms with Gasteiger partial charge in [0.2, 0.25) is 0 Å². The van der Waals surface area contributed by atoms with E-state index in [1.807, 2.05) is 17.1 Å². The number of hydrazine groups is 1. The number of hydrogen-bond acceptors (Lipinski definition) is 2. The van der Waals surface area contributed by atoms with Gasteiger partial charge >= 0.3 is 0 Å². The molecule has 0 spiro atoms. The van der Waals surface area contributed by atoms with Crippen LogP contribution in [0, 0.1) is 0 Å². The molecule has 1 heterocycles. The van der Waals surface area contributed by atoms with E-state index < -0.39 is 0 Å². The summed E-state index contributed by atoms with van der Waals surface area (Å²) in [6.07, 6.45) is 1.86. The van der Waals surface area contributed by atoms with Crippen LogP contribution < -0.4 is 10.7 Å². The van der Waals surface area contributed by atoms with Crippen molar-refractivity contribution in [2.24, 2.45) is 0 Å². The second-order valence-corrected chi connectivity index (χ2v) is 3.80. The first-order valence-corrected chi connectivity index (χ1v) is 5.07. The molecule has 0 fully saturated rings. The molecule has 0 aromatic heterocycles. The first-order valence-electron chi connectivity index (χ1n) is 4.31. The topological polar surface area (TPSA) is 27.1 Å². The van der Waals surface area contributed by atoms with Gasteiger partial charge in [-0.3, -0.25) is 5.32 Å². The number of anilines is 1. The van der Waals surface area contributed by atoms with Gasteiger partial charge in [0, 0.05) is 0 Å². The maximum absolute atomic E-state index is 6.00. The van der Waals surface area contributed by atoms with Crippen LogP contribution in [0.5, 0.6) is 0 Å². The Morgan fingerprint density at radius 1 is 1.29 bits per heavy atom. The lowest BCUT2D eigenvalue weighted by Gasteiger charge is -2.07. The molecule has 0 aliphatic carbocycles. The van der Waals surface area contributed by atoms with Crippen molar-refractivity contribution in [3.05, 3.63) is 28.2 Å². The smallest absolute Gasteiger partial charge is 0.255 e. The van der Waals surface area contributed by atoms with Crippen LogP contribution in [0.25, 0.3) is 0 Å². The minimum Gasteiger partial charge on any atom is -0.275 e. The summed E-state index contributed by atoms with van der Waals surface area (Å²) in [7, 11) is 0.